The number of hydrogen-bond donors (Lipinski definition) is 0. The third-order valence-corrected chi connectivity index (χ3v) is 4.71. The number of piperidine rings is 1. The molecule has 0 N–H and O–H groups in total. The smallest absolute Gasteiger partial charge is 0.310 e. The maximum atomic E-state index is 12.5. The third-order valence-electron chi connectivity index (χ3n) is 3.50. The molecule has 0 bridgehead atoms. The summed E-state index contributed by atoms with van der Waals surface area (Å²) in [6.07, 6.45) is 1.58. The molecule has 1 aliphatic heterocycles. The largest absolute Gasteiger partial charge is 0.466 e. The molecule has 1 atom stereocenters. The second kappa shape index (κ2) is 7.27. The van der Waals surface area contributed by atoms with Crippen LogP contribution in [0.15, 0.2) is 22.7 Å². The highest BCUT2D eigenvalue weighted by atomic mass is 79.9. The lowest BCUT2D eigenvalue weighted by Crippen LogP contribution is -2.42. The minimum atomic E-state index is -0.224. The van der Waals surface area contributed by atoms with E-state index in [9.17, 15) is 9.59 Å². The molecule has 0 unspecified atom stereocenters. The lowest BCUT2D eigenvalue weighted by Gasteiger charge is -2.31. The highest BCUT2D eigenvalue weighted by Gasteiger charge is 2.29. The zero-order valence-corrected chi connectivity index (χ0v) is 14.1. The molecule has 1 aromatic carbocycles. The van der Waals surface area contributed by atoms with E-state index < -0.39 is 0 Å². The predicted molar refractivity (Wildman–Crippen MR) is 84.4 cm³/mol. The molecule has 0 radical (unpaired) electrons. The average Bonchev–Trinajstić information content (AvgIpc) is 2.49. The highest BCUT2D eigenvalue weighted by molar-refractivity contribution is 9.10. The van der Waals surface area contributed by atoms with Crippen LogP contribution in [0.3, 0.4) is 0 Å². The van der Waals surface area contributed by atoms with Gasteiger partial charge in [0, 0.05) is 23.1 Å². The van der Waals surface area contributed by atoms with Gasteiger partial charge in [-0.3, -0.25) is 9.59 Å². The fraction of sp³-hybridized carbons (Fsp3) is 0.467. The predicted octanol–water partition coefficient (Wildman–Crippen LogP) is 3.52. The second-order valence-electron chi connectivity index (χ2n) is 4.97. The van der Waals surface area contributed by atoms with E-state index in [-0.39, 0.29) is 17.8 Å². The number of benzene rings is 1. The van der Waals surface area contributed by atoms with Crippen molar-refractivity contribution in [2.24, 2.45) is 5.92 Å². The van der Waals surface area contributed by atoms with Crippen LogP contribution in [-0.4, -0.2) is 36.5 Å². The van der Waals surface area contributed by atoms with E-state index in [2.05, 4.69) is 15.9 Å². The van der Waals surface area contributed by atoms with Crippen LogP contribution in [0.1, 0.15) is 30.1 Å². The molecule has 114 valence electrons. The number of likely N-dealkylation sites (tertiary alicyclic amines) is 1. The van der Waals surface area contributed by atoms with Crippen molar-refractivity contribution < 1.29 is 14.3 Å². The number of rotatable bonds is 3. The molecule has 0 aliphatic carbocycles. The van der Waals surface area contributed by atoms with E-state index >= 15 is 0 Å². The lowest BCUT2D eigenvalue weighted by molar-refractivity contribution is -0.149. The summed E-state index contributed by atoms with van der Waals surface area (Å²) in [5.74, 6) is -0.521. The van der Waals surface area contributed by atoms with Gasteiger partial charge in [0.15, 0.2) is 0 Å². The Morgan fingerprint density at radius 1 is 1.48 bits per heavy atom. The first-order valence-electron chi connectivity index (χ1n) is 6.94. The molecule has 0 spiro atoms. The van der Waals surface area contributed by atoms with Crippen LogP contribution in [0.25, 0.3) is 0 Å². The molecule has 1 aromatic rings. The Hall–Kier alpha value is -1.07. The molecular weight excluding hydrogens is 358 g/mol. The molecule has 1 fully saturated rings. The number of carbonyl (C=O) groups is 2. The first kappa shape index (κ1) is 16.3. The fourth-order valence-corrected chi connectivity index (χ4v) is 2.92. The van der Waals surface area contributed by atoms with Crippen molar-refractivity contribution in [1.82, 2.24) is 4.90 Å². The van der Waals surface area contributed by atoms with Crippen LogP contribution >= 0.6 is 27.5 Å². The Labute approximate surface area is 137 Å². The maximum absolute atomic E-state index is 12.5. The van der Waals surface area contributed by atoms with Crippen molar-refractivity contribution in [2.45, 2.75) is 19.8 Å². The van der Waals surface area contributed by atoms with E-state index in [1.54, 1.807) is 30.0 Å². The van der Waals surface area contributed by atoms with E-state index in [1.165, 1.54) is 0 Å². The van der Waals surface area contributed by atoms with Gasteiger partial charge in [0.1, 0.15) is 0 Å². The molecule has 1 saturated heterocycles. The number of amides is 1. The van der Waals surface area contributed by atoms with Crippen LogP contribution in [0, 0.1) is 5.92 Å². The van der Waals surface area contributed by atoms with Gasteiger partial charge in [-0.05, 0) is 53.9 Å². The van der Waals surface area contributed by atoms with E-state index in [1.807, 2.05) is 0 Å². The molecule has 1 heterocycles. The first-order valence-corrected chi connectivity index (χ1v) is 8.11. The SMILES string of the molecule is CCOC(=O)[C@@H]1CCCN(C(=O)c2ccc(Cl)c(Br)c2)C1. The second-order valence-corrected chi connectivity index (χ2v) is 6.23. The van der Waals surface area contributed by atoms with Crippen LogP contribution in [-0.2, 0) is 9.53 Å². The van der Waals surface area contributed by atoms with Gasteiger partial charge in [-0.25, -0.2) is 0 Å². The van der Waals surface area contributed by atoms with Crippen molar-refractivity contribution in [1.29, 1.82) is 0 Å². The van der Waals surface area contributed by atoms with Crippen molar-refractivity contribution in [3.8, 4) is 0 Å². The standard InChI is InChI=1S/C15H17BrClNO3/c1-2-21-15(20)11-4-3-7-18(9-11)14(19)10-5-6-13(17)12(16)8-10/h5-6,8,11H,2-4,7,9H2,1H3/t11-/m1/s1. The van der Waals surface area contributed by atoms with Gasteiger partial charge in [0.25, 0.3) is 5.91 Å². The Morgan fingerprint density at radius 2 is 2.24 bits per heavy atom. The zero-order valence-electron chi connectivity index (χ0n) is 11.8. The Morgan fingerprint density at radius 3 is 2.90 bits per heavy atom. The van der Waals surface area contributed by atoms with Crippen molar-refractivity contribution >= 4 is 39.4 Å². The summed E-state index contributed by atoms with van der Waals surface area (Å²) in [5.41, 5.74) is 0.566. The van der Waals surface area contributed by atoms with E-state index in [0.29, 0.717) is 34.8 Å². The number of halogens is 2. The summed E-state index contributed by atoms with van der Waals surface area (Å²) in [4.78, 5) is 26.0. The molecular formula is C15H17BrClNO3. The molecule has 1 amide bonds. The summed E-state index contributed by atoms with van der Waals surface area (Å²) in [7, 11) is 0. The molecule has 1 aliphatic rings. The minimum Gasteiger partial charge on any atom is -0.466 e. The van der Waals surface area contributed by atoms with E-state index in [4.69, 9.17) is 16.3 Å². The van der Waals surface area contributed by atoms with Crippen LogP contribution in [0.5, 0.6) is 0 Å². The minimum absolute atomic E-state index is 0.0821. The third kappa shape index (κ3) is 3.98. The van der Waals surface area contributed by atoms with Gasteiger partial charge in [-0.1, -0.05) is 11.6 Å². The quantitative estimate of drug-likeness (QED) is 0.761. The fourth-order valence-electron chi connectivity index (χ4n) is 2.43. The summed E-state index contributed by atoms with van der Waals surface area (Å²) in [5, 5.41) is 0.564. The average molecular weight is 375 g/mol. The Bertz CT molecular complexity index is 550. The highest BCUT2D eigenvalue weighted by Crippen LogP contribution is 2.25. The summed E-state index contributed by atoms with van der Waals surface area (Å²) in [6.45, 7) is 3.23. The van der Waals surface area contributed by atoms with E-state index in [0.717, 1.165) is 12.8 Å². The topological polar surface area (TPSA) is 46.6 Å². The summed E-state index contributed by atoms with van der Waals surface area (Å²) < 4.78 is 5.74. The molecule has 2 rings (SSSR count). The van der Waals surface area contributed by atoms with Gasteiger partial charge in [-0.15, -0.1) is 0 Å². The van der Waals surface area contributed by atoms with Crippen molar-refractivity contribution in [3.05, 3.63) is 33.3 Å². The van der Waals surface area contributed by atoms with Gasteiger partial charge in [0.2, 0.25) is 0 Å². The number of hydrogen-bond acceptors (Lipinski definition) is 3. The van der Waals surface area contributed by atoms with Crippen molar-refractivity contribution in [3.63, 3.8) is 0 Å². The normalized spacial score (nSPS) is 18.4. The summed E-state index contributed by atoms with van der Waals surface area (Å²) in [6, 6.07) is 5.09. The molecule has 0 aromatic heterocycles. The number of carbonyl (C=O) groups excluding carboxylic acids is 2. The number of esters is 1. The number of nitrogens with zero attached hydrogens (tertiary/aromatic N) is 1. The molecule has 21 heavy (non-hydrogen) atoms. The summed E-state index contributed by atoms with van der Waals surface area (Å²) >= 11 is 9.25. The van der Waals surface area contributed by atoms with Crippen LogP contribution in [0.4, 0.5) is 0 Å². The molecule has 0 saturated carbocycles. The maximum Gasteiger partial charge on any atom is 0.310 e. The Kier molecular flexibility index (Phi) is 5.65. The van der Waals surface area contributed by atoms with Crippen LogP contribution < -0.4 is 0 Å². The lowest BCUT2D eigenvalue weighted by atomic mass is 9.97. The number of ether oxygens (including phenoxy) is 1. The first-order chi connectivity index (χ1) is 10.0. The van der Waals surface area contributed by atoms with Gasteiger partial charge >= 0.3 is 5.97 Å². The van der Waals surface area contributed by atoms with Gasteiger partial charge < -0.3 is 9.64 Å². The monoisotopic (exact) mass is 373 g/mol. The Balaban J connectivity index is 2.08. The molecule has 4 nitrogen and oxygen atoms in total. The zero-order chi connectivity index (χ0) is 15.4. The molecule has 6 heteroatoms. The van der Waals surface area contributed by atoms with Gasteiger partial charge in [-0.2, -0.15) is 0 Å². The van der Waals surface area contributed by atoms with Gasteiger partial charge in [0.05, 0.1) is 17.5 Å². The van der Waals surface area contributed by atoms with Crippen molar-refractivity contribution in [2.75, 3.05) is 19.7 Å². The van der Waals surface area contributed by atoms with Crippen LogP contribution in [0.2, 0.25) is 5.02 Å².